The minimum Gasteiger partial charge on any atom is -0.276 e. The molecule has 1 rings (SSSR count). The van der Waals surface area contributed by atoms with Gasteiger partial charge in [0, 0.05) is 5.41 Å². The normalized spacial score (nSPS) is 12.8. The van der Waals surface area contributed by atoms with Gasteiger partial charge in [-0.15, -0.1) is 0 Å². The average molecular weight is 314 g/mol. The first-order valence-electron chi connectivity index (χ1n) is 4.86. The second kappa shape index (κ2) is 5.66. The van der Waals surface area contributed by atoms with Crippen LogP contribution < -0.4 is 5.43 Å². The van der Waals surface area contributed by atoms with Crippen LogP contribution in [0.2, 0.25) is 15.1 Å². The van der Waals surface area contributed by atoms with Crippen LogP contribution in [0.25, 0.3) is 0 Å². The maximum absolute atomic E-state index is 6.02. The number of halogens is 4. The molecule has 0 aliphatic carbocycles. The van der Waals surface area contributed by atoms with Crippen LogP contribution in [-0.4, -0.2) is 5.17 Å². The van der Waals surface area contributed by atoms with Crippen molar-refractivity contribution in [1.82, 2.24) is 0 Å². The first kappa shape index (κ1) is 14.9. The fourth-order valence-electron chi connectivity index (χ4n) is 0.885. The van der Waals surface area contributed by atoms with Gasteiger partial charge in [-0.25, -0.2) is 0 Å². The maximum Gasteiger partial charge on any atom is 0.131 e. The van der Waals surface area contributed by atoms with Gasteiger partial charge >= 0.3 is 0 Å². The molecule has 0 radical (unpaired) electrons. The van der Waals surface area contributed by atoms with E-state index in [2.05, 4.69) is 10.5 Å². The van der Waals surface area contributed by atoms with E-state index >= 15 is 0 Å². The van der Waals surface area contributed by atoms with Crippen LogP contribution in [-0.2, 0) is 0 Å². The van der Waals surface area contributed by atoms with E-state index in [9.17, 15) is 0 Å². The van der Waals surface area contributed by atoms with Crippen molar-refractivity contribution in [1.29, 1.82) is 0 Å². The van der Waals surface area contributed by atoms with Crippen molar-refractivity contribution in [2.45, 2.75) is 20.8 Å². The van der Waals surface area contributed by atoms with Gasteiger partial charge in [0.05, 0.1) is 20.8 Å². The lowest BCUT2D eigenvalue weighted by molar-refractivity contribution is 0.599. The Morgan fingerprint density at radius 2 is 1.59 bits per heavy atom. The van der Waals surface area contributed by atoms with Crippen LogP contribution in [0.5, 0.6) is 0 Å². The van der Waals surface area contributed by atoms with Crippen molar-refractivity contribution in [2.75, 3.05) is 5.43 Å². The fourth-order valence-corrected chi connectivity index (χ4v) is 1.52. The Labute approximate surface area is 121 Å². The van der Waals surface area contributed by atoms with Crippen molar-refractivity contribution >= 4 is 57.3 Å². The minimum atomic E-state index is -0.225. The third kappa shape index (κ3) is 4.22. The zero-order valence-electron chi connectivity index (χ0n) is 9.61. The lowest BCUT2D eigenvalue weighted by Crippen LogP contribution is -2.15. The first-order valence-corrected chi connectivity index (χ1v) is 6.37. The molecule has 0 unspecified atom stereocenters. The third-order valence-electron chi connectivity index (χ3n) is 1.90. The SMILES string of the molecule is CC(C)(C)/C(Cl)=N/Nc1cc(Cl)c(Cl)cc1Cl. The molecule has 2 nitrogen and oxygen atoms in total. The highest BCUT2D eigenvalue weighted by molar-refractivity contribution is 6.66. The number of nitrogens with one attached hydrogen (secondary N) is 1. The Morgan fingerprint density at radius 1 is 1.06 bits per heavy atom. The molecule has 0 atom stereocenters. The van der Waals surface area contributed by atoms with Crippen LogP contribution in [0.4, 0.5) is 5.69 Å². The van der Waals surface area contributed by atoms with Crippen LogP contribution in [0.15, 0.2) is 17.2 Å². The van der Waals surface area contributed by atoms with E-state index in [0.717, 1.165) is 0 Å². The molecule has 0 spiro atoms. The predicted octanol–water partition coefficient (Wildman–Crippen LogP) is 5.66. The van der Waals surface area contributed by atoms with Gasteiger partial charge in [0.1, 0.15) is 5.17 Å². The van der Waals surface area contributed by atoms with Gasteiger partial charge in [-0.2, -0.15) is 5.10 Å². The molecule has 0 bridgehead atoms. The Kier molecular flexibility index (Phi) is 4.96. The molecule has 0 fully saturated rings. The van der Waals surface area contributed by atoms with E-state index in [-0.39, 0.29) is 5.41 Å². The number of hydrogen-bond donors (Lipinski definition) is 1. The van der Waals surface area contributed by atoms with E-state index < -0.39 is 0 Å². The van der Waals surface area contributed by atoms with Gasteiger partial charge in [0.15, 0.2) is 0 Å². The summed E-state index contributed by atoms with van der Waals surface area (Å²) in [6.45, 7) is 5.87. The lowest BCUT2D eigenvalue weighted by atomic mass is 9.99. The third-order valence-corrected chi connectivity index (χ3v) is 3.59. The summed E-state index contributed by atoms with van der Waals surface area (Å²) in [6.07, 6.45) is 0. The number of hydrazone groups is 1. The highest BCUT2D eigenvalue weighted by atomic mass is 35.5. The van der Waals surface area contributed by atoms with Crippen molar-refractivity contribution in [2.24, 2.45) is 10.5 Å². The van der Waals surface area contributed by atoms with E-state index in [1.807, 2.05) is 20.8 Å². The number of rotatable bonds is 2. The first-order chi connectivity index (χ1) is 7.71. The van der Waals surface area contributed by atoms with Gasteiger partial charge in [0.2, 0.25) is 0 Å². The summed E-state index contributed by atoms with van der Waals surface area (Å²) in [5, 5.41) is 5.72. The Balaban J connectivity index is 2.94. The van der Waals surface area contributed by atoms with Crippen LogP contribution in [0.3, 0.4) is 0 Å². The van der Waals surface area contributed by atoms with Gasteiger partial charge in [0.25, 0.3) is 0 Å². The molecular formula is C11H12Cl4N2. The molecule has 0 aliphatic heterocycles. The highest BCUT2D eigenvalue weighted by Gasteiger charge is 2.17. The molecule has 94 valence electrons. The van der Waals surface area contributed by atoms with Crippen LogP contribution in [0.1, 0.15) is 20.8 Å². The number of anilines is 1. The summed E-state index contributed by atoms with van der Waals surface area (Å²) in [4.78, 5) is 0. The van der Waals surface area contributed by atoms with Crippen LogP contribution in [0, 0.1) is 5.41 Å². The molecule has 0 heterocycles. The Hall–Kier alpha value is -0.150. The molecule has 6 heteroatoms. The maximum atomic E-state index is 6.02. The van der Waals surface area contributed by atoms with E-state index in [0.29, 0.717) is 25.9 Å². The standard InChI is InChI=1S/C11H12Cl4N2/c1-11(2,3)10(15)17-16-9-5-7(13)6(12)4-8(9)14/h4-5,16H,1-3H3/b17-10-. The summed E-state index contributed by atoms with van der Waals surface area (Å²) in [5.41, 5.74) is 3.10. The molecule has 0 aliphatic rings. The summed E-state index contributed by atoms with van der Waals surface area (Å²) >= 11 is 23.7. The van der Waals surface area contributed by atoms with Crippen LogP contribution >= 0.6 is 46.4 Å². The largest absolute Gasteiger partial charge is 0.276 e. The van der Waals surface area contributed by atoms with E-state index in [1.54, 1.807) is 12.1 Å². The number of nitrogens with zero attached hydrogens (tertiary/aromatic N) is 1. The molecule has 1 N–H and O–H groups in total. The summed E-state index contributed by atoms with van der Waals surface area (Å²) in [7, 11) is 0. The van der Waals surface area contributed by atoms with E-state index in [1.165, 1.54) is 0 Å². The van der Waals surface area contributed by atoms with Gasteiger partial charge in [-0.05, 0) is 12.1 Å². The van der Waals surface area contributed by atoms with Gasteiger partial charge < -0.3 is 0 Å². The molecule has 0 amide bonds. The van der Waals surface area contributed by atoms with Crippen molar-refractivity contribution in [3.63, 3.8) is 0 Å². The topological polar surface area (TPSA) is 24.4 Å². The number of hydrogen-bond acceptors (Lipinski definition) is 2. The molecule has 0 aromatic heterocycles. The average Bonchev–Trinajstić information content (AvgIpc) is 2.19. The van der Waals surface area contributed by atoms with E-state index in [4.69, 9.17) is 46.4 Å². The minimum absolute atomic E-state index is 0.225. The highest BCUT2D eigenvalue weighted by Crippen LogP contribution is 2.32. The van der Waals surface area contributed by atoms with Gasteiger partial charge in [-0.1, -0.05) is 67.2 Å². The zero-order chi connectivity index (χ0) is 13.2. The molecule has 1 aromatic rings. The fraction of sp³-hybridized carbons (Fsp3) is 0.364. The number of benzene rings is 1. The second-order valence-corrected chi connectivity index (χ2v) is 6.09. The Bertz CT molecular complexity index is 450. The quantitative estimate of drug-likeness (QED) is 0.425. The summed E-state index contributed by atoms with van der Waals surface area (Å²) in [6, 6.07) is 3.15. The summed E-state index contributed by atoms with van der Waals surface area (Å²) in [5.74, 6) is 0. The summed E-state index contributed by atoms with van der Waals surface area (Å²) < 4.78 is 0. The molecular weight excluding hydrogens is 302 g/mol. The molecule has 0 saturated carbocycles. The zero-order valence-corrected chi connectivity index (χ0v) is 12.6. The monoisotopic (exact) mass is 312 g/mol. The van der Waals surface area contributed by atoms with Crippen molar-refractivity contribution in [3.05, 3.63) is 27.2 Å². The Morgan fingerprint density at radius 3 is 2.12 bits per heavy atom. The van der Waals surface area contributed by atoms with Crippen molar-refractivity contribution in [3.8, 4) is 0 Å². The lowest BCUT2D eigenvalue weighted by Gasteiger charge is -2.16. The molecule has 1 aromatic carbocycles. The smallest absolute Gasteiger partial charge is 0.131 e. The predicted molar refractivity (Wildman–Crippen MR) is 77.8 cm³/mol. The van der Waals surface area contributed by atoms with Crippen molar-refractivity contribution < 1.29 is 0 Å². The molecule has 17 heavy (non-hydrogen) atoms. The second-order valence-electron chi connectivity index (χ2n) is 4.51. The molecule has 0 saturated heterocycles. The van der Waals surface area contributed by atoms with Gasteiger partial charge in [-0.3, -0.25) is 5.43 Å².